The summed E-state index contributed by atoms with van der Waals surface area (Å²) in [5, 5.41) is 0. The van der Waals surface area contributed by atoms with E-state index in [1.54, 1.807) is 0 Å². The Kier molecular flexibility index (Phi) is 2.13. The summed E-state index contributed by atoms with van der Waals surface area (Å²) in [5.41, 5.74) is 2.31. The minimum atomic E-state index is 0.451. The molecule has 2 aromatic rings. The molecule has 2 heteroatoms. The van der Waals surface area contributed by atoms with Crippen LogP contribution in [0.25, 0.3) is 0 Å². The smallest absolute Gasteiger partial charge is 0.148 e. The molecule has 0 fully saturated rings. The second-order valence-corrected chi connectivity index (χ2v) is 4.19. The normalized spacial score (nSPS) is 17.9. The fraction of sp³-hybridized carbons (Fsp3) is 0.214. The number of nitrogens with zero attached hydrogens (tertiary/aromatic N) is 1. The Hall–Kier alpha value is -1.83. The van der Waals surface area contributed by atoms with Crippen molar-refractivity contribution in [3.8, 4) is 11.5 Å². The minimum absolute atomic E-state index is 0.451. The second kappa shape index (κ2) is 3.63. The van der Waals surface area contributed by atoms with E-state index in [1.165, 1.54) is 5.56 Å². The van der Waals surface area contributed by atoms with Crippen molar-refractivity contribution in [3.63, 3.8) is 0 Å². The number of fused-ring (bicyclic) bond motifs is 2. The molecule has 1 aromatic carbocycles. The summed E-state index contributed by atoms with van der Waals surface area (Å²) < 4.78 is 5.91. The van der Waals surface area contributed by atoms with Crippen LogP contribution in [-0.2, 0) is 6.42 Å². The number of para-hydroxylation sites is 1. The Morgan fingerprint density at radius 3 is 2.88 bits per heavy atom. The molecule has 1 aliphatic rings. The fourth-order valence-electron chi connectivity index (χ4n) is 2.17. The molecular weight excluding hydrogens is 198 g/mol. The van der Waals surface area contributed by atoms with E-state index >= 15 is 0 Å². The lowest BCUT2D eigenvalue weighted by Gasteiger charge is -2.10. The number of rotatable bonds is 0. The van der Waals surface area contributed by atoms with Crippen LogP contribution < -0.4 is 4.74 Å². The molecule has 1 aliphatic heterocycles. The standard InChI is InChI=1S/C14H13NO/c1-10-9-12-14(7-4-8-15-12)16-13-6-3-2-5-11(10)13/h2-8,10H,9H2,1H3/t10-/m0/s1. The molecule has 0 bridgehead atoms. The average molecular weight is 211 g/mol. The van der Waals surface area contributed by atoms with Crippen LogP contribution in [0.4, 0.5) is 0 Å². The summed E-state index contributed by atoms with van der Waals surface area (Å²) in [4.78, 5) is 4.39. The first-order valence-corrected chi connectivity index (χ1v) is 5.55. The molecule has 0 amide bonds. The first kappa shape index (κ1) is 9.40. The van der Waals surface area contributed by atoms with Gasteiger partial charge in [-0.3, -0.25) is 4.98 Å². The molecule has 2 nitrogen and oxygen atoms in total. The fourth-order valence-corrected chi connectivity index (χ4v) is 2.17. The van der Waals surface area contributed by atoms with Crippen molar-refractivity contribution in [1.29, 1.82) is 0 Å². The van der Waals surface area contributed by atoms with Gasteiger partial charge in [-0.25, -0.2) is 0 Å². The predicted octanol–water partition coefficient (Wildman–Crippen LogP) is 3.53. The van der Waals surface area contributed by atoms with Crippen LogP contribution in [0.5, 0.6) is 11.5 Å². The molecule has 0 saturated heterocycles. The molecule has 0 saturated carbocycles. The highest BCUT2D eigenvalue weighted by molar-refractivity contribution is 5.44. The molecule has 0 aliphatic carbocycles. The van der Waals surface area contributed by atoms with Gasteiger partial charge in [-0.15, -0.1) is 0 Å². The van der Waals surface area contributed by atoms with Crippen LogP contribution in [0, 0.1) is 0 Å². The summed E-state index contributed by atoms with van der Waals surface area (Å²) in [5.74, 6) is 2.30. The van der Waals surface area contributed by atoms with E-state index in [1.807, 2.05) is 30.5 Å². The van der Waals surface area contributed by atoms with Crippen molar-refractivity contribution in [2.75, 3.05) is 0 Å². The van der Waals surface area contributed by atoms with Gasteiger partial charge in [0.05, 0.1) is 5.69 Å². The molecule has 2 heterocycles. The maximum Gasteiger partial charge on any atom is 0.148 e. The maximum atomic E-state index is 5.91. The zero-order chi connectivity index (χ0) is 11.0. The van der Waals surface area contributed by atoms with Crippen molar-refractivity contribution in [2.24, 2.45) is 0 Å². The predicted molar refractivity (Wildman–Crippen MR) is 62.9 cm³/mol. The SMILES string of the molecule is C[C@H]1Cc2ncccc2Oc2ccccc21. The molecule has 80 valence electrons. The van der Waals surface area contributed by atoms with Gasteiger partial charge < -0.3 is 4.74 Å². The van der Waals surface area contributed by atoms with Crippen molar-refractivity contribution in [1.82, 2.24) is 4.98 Å². The Morgan fingerprint density at radius 2 is 1.94 bits per heavy atom. The Morgan fingerprint density at radius 1 is 1.12 bits per heavy atom. The monoisotopic (exact) mass is 211 g/mol. The van der Waals surface area contributed by atoms with Gasteiger partial charge in [0.1, 0.15) is 11.5 Å². The van der Waals surface area contributed by atoms with Gasteiger partial charge in [-0.2, -0.15) is 0 Å². The van der Waals surface area contributed by atoms with Crippen LogP contribution in [0.2, 0.25) is 0 Å². The van der Waals surface area contributed by atoms with Gasteiger partial charge in [0.2, 0.25) is 0 Å². The van der Waals surface area contributed by atoms with E-state index in [0.717, 1.165) is 23.6 Å². The lowest BCUT2D eigenvalue weighted by Crippen LogP contribution is -1.97. The van der Waals surface area contributed by atoms with Gasteiger partial charge in [0.15, 0.2) is 0 Å². The zero-order valence-electron chi connectivity index (χ0n) is 9.18. The molecule has 1 atom stereocenters. The Balaban J connectivity index is 2.15. The maximum absolute atomic E-state index is 5.91. The van der Waals surface area contributed by atoms with E-state index < -0.39 is 0 Å². The molecule has 0 radical (unpaired) electrons. The quantitative estimate of drug-likeness (QED) is 0.665. The van der Waals surface area contributed by atoms with E-state index in [4.69, 9.17) is 4.74 Å². The van der Waals surface area contributed by atoms with Gasteiger partial charge in [-0.1, -0.05) is 25.1 Å². The third-order valence-electron chi connectivity index (χ3n) is 3.02. The molecule has 0 unspecified atom stereocenters. The molecule has 3 rings (SSSR count). The van der Waals surface area contributed by atoms with Crippen molar-refractivity contribution in [3.05, 3.63) is 53.9 Å². The minimum Gasteiger partial charge on any atom is -0.455 e. The lowest BCUT2D eigenvalue weighted by atomic mass is 9.96. The Labute approximate surface area is 94.9 Å². The largest absolute Gasteiger partial charge is 0.455 e. The van der Waals surface area contributed by atoms with Gasteiger partial charge in [-0.05, 0) is 29.7 Å². The molecule has 0 spiro atoms. The summed E-state index contributed by atoms with van der Waals surface area (Å²) in [7, 11) is 0. The van der Waals surface area contributed by atoms with E-state index in [0.29, 0.717) is 5.92 Å². The van der Waals surface area contributed by atoms with Crippen LogP contribution in [0.15, 0.2) is 42.6 Å². The number of benzene rings is 1. The second-order valence-electron chi connectivity index (χ2n) is 4.19. The zero-order valence-corrected chi connectivity index (χ0v) is 9.18. The number of hydrogen-bond acceptors (Lipinski definition) is 2. The summed E-state index contributed by atoms with van der Waals surface area (Å²) in [6.07, 6.45) is 2.76. The molecule has 16 heavy (non-hydrogen) atoms. The van der Waals surface area contributed by atoms with Crippen molar-refractivity contribution in [2.45, 2.75) is 19.3 Å². The topological polar surface area (TPSA) is 22.1 Å². The van der Waals surface area contributed by atoms with Gasteiger partial charge in [0, 0.05) is 12.6 Å². The molecule has 0 N–H and O–H groups in total. The summed E-state index contributed by atoms with van der Waals surface area (Å²) in [6.45, 7) is 2.21. The first-order valence-electron chi connectivity index (χ1n) is 5.55. The highest BCUT2D eigenvalue weighted by Crippen LogP contribution is 2.37. The highest BCUT2D eigenvalue weighted by Gasteiger charge is 2.20. The van der Waals surface area contributed by atoms with Crippen LogP contribution in [0.3, 0.4) is 0 Å². The highest BCUT2D eigenvalue weighted by atomic mass is 16.5. The number of hydrogen-bond donors (Lipinski definition) is 0. The van der Waals surface area contributed by atoms with Gasteiger partial charge in [0.25, 0.3) is 0 Å². The number of pyridine rings is 1. The summed E-state index contributed by atoms with van der Waals surface area (Å²) >= 11 is 0. The van der Waals surface area contributed by atoms with Crippen LogP contribution in [0.1, 0.15) is 24.1 Å². The van der Waals surface area contributed by atoms with E-state index in [2.05, 4.69) is 24.0 Å². The van der Waals surface area contributed by atoms with Crippen molar-refractivity contribution < 1.29 is 4.74 Å². The van der Waals surface area contributed by atoms with Crippen LogP contribution in [-0.4, -0.2) is 4.98 Å². The molecular formula is C14H13NO. The third kappa shape index (κ3) is 1.47. The molecule has 1 aromatic heterocycles. The van der Waals surface area contributed by atoms with Crippen molar-refractivity contribution >= 4 is 0 Å². The van der Waals surface area contributed by atoms with E-state index in [9.17, 15) is 0 Å². The van der Waals surface area contributed by atoms with E-state index in [-0.39, 0.29) is 0 Å². The first-order chi connectivity index (χ1) is 7.84. The lowest BCUT2D eigenvalue weighted by molar-refractivity contribution is 0.476. The summed E-state index contributed by atoms with van der Waals surface area (Å²) in [6, 6.07) is 12.1. The third-order valence-corrected chi connectivity index (χ3v) is 3.02. The van der Waals surface area contributed by atoms with Crippen LogP contribution >= 0.6 is 0 Å². The number of ether oxygens (including phenoxy) is 1. The number of aromatic nitrogens is 1. The average Bonchev–Trinajstić information content (AvgIpc) is 2.45. The van der Waals surface area contributed by atoms with Gasteiger partial charge >= 0.3 is 0 Å². The Bertz CT molecular complexity index is 522.